The molecular weight excluding hydrogens is 176 g/mol. The molecule has 1 aliphatic rings. The molecule has 14 heavy (non-hydrogen) atoms. The quantitative estimate of drug-likeness (QED) is 0.651. The summed E-state index contributed by atoms with van der Waals surface area (Å²) in [5, 5.41) is 6.30. The van der Waals surface area contributed by atoms with E-state index in [1.807, 2.05) is 13.8 Å². The normalized spacial score (nSPS) is 21.5. The molecule has 1 amide bonds. The maximum Gasteiger partial charge on any atom is 0.222 e. The van der Waals surface area contributed by atoms with E-state index in [9.17, 15) is 4.79 Å². The zero-order chi connectivity index (χ0) is 10.4. The largest absolute Gasteiger partial charge is 0.356 e. The Balaban J connectivity index is 1.96. The van der Waals surface area contributed by atoms with Crippen LogP contribution >= 0.6 is 0 Å². The van der Waals surface area contributed by atoms with E-state index >= 15 is 0 Å². The Morgan fingerprint density at radius 1 is 1.57 bits per heavy atom. The van der Waals surface area contributed by atoms with Gasteiger partial charge in [-0.05, 0) is 38.3 Å². The van der Waals surface area contributed by atoms with Gasteiger partial charge in [-0.15, -0.1) is 0 Å². The van der Waals surface area contributed by atoms with Crippen molar-refractivity contribution in [2.45, 2.75) is 33.1 Å². The van der Waals surface area contributed by atoms with Gasteiger partial charge < -0.3 is 10.6 Å². The van der Waals surface area contributed by atoms with Crippen molar-refractivity contribution in [3.05, 3.63) is 0 Å². The fourth-order valence-corrected chi connectivity index (χ4v) is 1.77. The standard InChI is InChI=1S/C11H22N2O/c1-9(2)11(14)13-6-3-4-10-5-7-12-8-10/h9-10,12H,3-8H2,1-2H3,(H,13,14). The van der Waals surface area contributed by atoms with E-state index in [0.29, 0.717) is 0 Å². The second-order valence-electron chi connectivity index (χ2n) is 4.45. The first kappa shape index (κ1) is 11.5. The van der Waals surface area contributed by atoms with Gasteiger partial charge >= 0.3 is 0 Å². The molecule has 2 N–H and O–H groups in total. The molecule has 0 radical (unpaired) electrons. The second-order valence-corrected chi connectivity index (χ2v) is 4.45. The molecule has 0 bridgehead atoms. The Kier molecular flexibility index (Phi) is 4.94. The molecule has 1 atom stereocenters. The highest BCUT2D eigenvalue weighted by atomic mass is 16.1. The van der Waals surface area contributed by atoms with Crippen LogP contribution in [-0.2, 0) is 4.79 Å². The minimum atomic E-state index is 0.114. The SMILES string of the molecule is CC(C)C(=O)NCCCC1CCNC1. The van der Waals surface area contributed by atoms with Crippen molar-refractivity contribution >= 4 is 5.91 Å². The van der Waals surface area contributed by atoms with Crippen LogP contribution in [0.5, 0.6) is 0 Å². The number of hydrogen-bond donors (Lipinski definition) is 2. The molecule has 0 aromatic heterocycles. The molecule has 0 aromatic rings. The maximum absolute atomic E-state index is 11.2. The predicted molar refractivity (Wildman–Crippen MR) is 58.1 cm³/mol. The maximum atomic E-state index is 11.2. The first-order valence-electron chi connectivity index (χ1n) is 5.68. The second kappa shape index (κ2) is 6.02. The molecule has 1 aliphatic heterocycles. The molecule has 1 unspecified atom stereocenters. The van der Waals surface area contributed by atoms with Gasteiger partial charge in [-0.1, -0.05) is 13.8 Å². The van der Waals surface area contributed by atoms with Crippen molar-refractivity contribution in [2.75, 3.05) is 19.6 Å². The van der Waals surface area contributed by atoms with Crippen molar-refractivity contribution in [1.82, 2.24) is 10.6 Å². The highest BCUT2D eigenvalue weighted by Crippen LogP contribution is 2.13. The van der Waals surface area contributed by atoms with Gasteiger partial charge in [0.15, 0.2) is 0 Å². The number of nitrogens with one attached hydrogen (secondary N) is 2. The summed E-state index contributed by atoms with van der Waals surface area (Å²) >= 11 is 0. The molecule has 3 heteroatoms. The third-order valence-corrected chi connectivity index (χ3v) is 2.78. The summed E-state index contributed by atoms with van der Waals surface area (Å²) in [5.74, 6) is 1.13. The fourth-order valence-electron chi connectivity index (χ4n) is 1.77. The van der Waals surface area contributed by atoms with Gasteiger partial charge in [0.05, 0.1) is 0 Å². The Bertz CT molecular complexity index is 174. The molecule has 0 aliphatic carbocycles. The smallest absolute Gasteiger partial charge is 0.222 e. The average molecular weight is 198 g/mol. The Morgan fingerprint density at radius 3 is 2.93 bits per heavy atom. The Labute approximate surface area is 86.6 Å². The van der Waals surface area contributed by atoms with Crippen LogP contribution in [0.15, 0.2) is 0 Å². The Morgan fingerprint density at radius 2 is 2.36 bits per heavy atom. The lowest BCUT2D eigenvalue weighted by Crippen LogP contribution is -2.28. The highest BCUT2D eigenvalue weighted by molar-refractivity contribution is 5.77. The van der Waals surface area contributed by atoms with E-state index < -0.39 is 0 Å². The van der Waals surface area contributed by atoms with E-state index in [1.54, 1.807) is 0 Å². The van der Waals surface area contributed by atoms with Crippen LogP contribution in [-0.4, -0.2) is 25.5 Å². The van der Waals surface area contributed by atoms with Crippen LogP contribution < -0.4 is 10.6 Å². The van der Waals surface area contributed by atoms with Crippen molar-refractivity contribution in [2.24, 2.45) is 11.8 Å². The third kappa shape index (κ3) is 4.09. The summed E-state index contributed by atoms with van der Waals surface area (Å²) in [6, 6.07) is 0. The number of amides is 1. The molecule has 82 valence electrons. The number of hydrogen-bond acceptors (Lipinski definition) is 2. The minimum absolute atomic E-state index is 0.114. The van der Waals surface area contributed by atoms with Crippen LogP contribution in [0.4, 0.5) is 0 Å². The minimum Gasteiger partial charge on any atom is -0.356 e. The topological polar surface area (TPSA) is 41.1 Å². The summed E-state index contributed by atoms with van der Waals surface area (Å²) < 4.78 is 0. The molecule has 0 spiro atoms. The molecule has 0 aromatic carbocycles. The van der Waals surface area contributed by atoms with Crippen molar-refractivity contribution in [3.63, 3.8) is 0 Å². The van der Waals surface area contributed by atoms with Crippen LogP contribution in [0.1, 0.15) is 33.1 Å². The van der Waals surface area contributed by atoms with Crippen LogP contribution in [0, 0.1) is 11.8 Å². The molecule has 1 saturated heterocycles. The number of rotatable bonds is 5. The molecule has 1 rings (SSSR count). The molecule has 1 fully saturated rings. The van der Waals surface area contributed by atoms with Gasteiger partial charge in [0, 0.05) is 12.5 Å². The van der Waals surface area contributed by atoms with Gasteiger partial charge in [0.1, 0.15) is 0 Å². The predicted octanol–water partition coefficient (Wildman–Crippen LogP) is 1.15. The van der Waals surface area contributed by atoms with E-state index in [4.69, 9.17) is 0 Å². The van der Waals surface area contributed by atoms with Gasteiger partial charge in [-0.3, -0.25) is 4.79 Å². The molecule has 1 heterocycles. The van der Waals surface area contributed by atoms with Crippen molar-refractivity contribution in [3.8, 4) is 0 Å². The van der Waals surface area contributed by atoms with Crippen molar-refractivity contribution in [1.29, 1.82) is 0 Å². The highest BCUT2D eigenvalue weighted by Gasteiger charge is 2.13. The summed E-state index contributed by atoms with van der Waals surface area (Å²) in [4.78, 5) is 11.2. The summed E-state index contributed by atoms with van der Waals surface area (Å²) in [5.41, 5.74) is 0. The average Bonchev–Trinajstić information content (AvgIpc) is 2.64. The third-order valence-electron chi connectivity index (χ3n) is 2.78. The monoisotopic (exact) mass is 198 g/mol. The Hall–Kier alpha value is -0.570. The lowest BCUT2D eigenvalue weighted by atomic mass is 10.0. The first-order valence-corrected chi connectivity index (χ1v) is 5.68. The van der Waals surface area contributed by atoms with Crippen LogP contribution in [0.2, 0.25) is 0 Å². The van der Waals surface area contributed by atoms with Crippen LogP contribution in [0.25, 0.3) is 0 Å². The fraction of sp³-hybridized carbons (Fsp3) is 0.909. The lowest BCUT2D eigenvalue weighted by molar-refractivity contribution is -0.123. The zero-order valence-corrected chi connectivity index (χ0v) is 9.31. The van der Waals surface area contributed by atoms with E-state index in [2.05, 4.69) is 10.6 Å². The van der Waals surface area contributed by atoms with Gasteiger partial charge in [0.25, 0.3) is 0 Å². The molecular formula is C11H22N2O. The summed E-state index contributed by atoms with van der Waals surface area (Å²) in [6.07, 6.45) is 3.66. The van der Waals surface area contributed by atoms with E-state index in [1.165, 1.54) is 19.4 Å². The molecule has 3 nitrogen and oxygen atoms in total. The first-order chi connectivity index (χ1) is 6.70. The summed E-state index contributed by atoms with van der Waals surface area (Å²) in [7, 11) is 0. The number of carbonyl (C=O) groups is 1. The number of carbonyl (C=O) groups excluding carboxylic acids is 1. The van der Waals surface area contributed by atoms with Crippen molar-refractivity contribution < 1.29 is 4.79 Å². The van der Waals surface area contributed by atoms with E-state index in [-0.39, 0.29) is 11.8 Å². The van der Waals surface area contributed by atoms with E-state index in [0.717, 1.165) is 25.4 Å². The van der Waals surface area contributed by atoms with Crippen LogP contribution in [0.3, 0.4) is 0 Å². The van der Waals surface area contributed by atoms with Gasteiger partial charge in [-0.2, -0.15) is 0 Å². The molecule has 0 saturated carbocycles. The van der Waals surface area contributed by atoms with Gasteiger partial charge in [-0.25, -0.2) is 0 Å². The van der Waals surface area contributed by atoms with Gasteiger partial charge in [0.2, 0.25) is 5.91 Å². The lowest BCUT2D eigenvalue weighted by Gasteiger charge is -2.10. The summed E-state index contributed by atoms with van der Waals surface area (Å²) in [6.45, 7) is 7.03. The zero-order valence-electron chi connectivity index (χ0n) is 9.31.